The summed E-state index contributed by atoms with van der Waals surface area (Å²) in [7, 11) is 0. The zero-order valence-corrected chi connectivity index (χ0v) is 12.3. The summed E-state index contributed by atoms with van der Waals surface area (Å²) in [5, 5.41) is 9.21. The topological polar surface area (TPSA) is 35.9 Å². The van der Waals surface area contributed by atoms with Crippen molar-refractivity contribution in [3.8, 4) is 0 Å². The molecular weight excluding hydrogens is 228 g/mol. The zero-order valence-electron chi connectivity index (χ0n) is 12.3. The molecule has 1 saturated heterocycles. The van der Waals surface area contributed by atoms with Crippen LogP contribution < -0.4 is 0 Å². The highest BCUT2D eigenvalue weighted by Gasteiger charge is 2.24. The molecule has 4 heteroatoms. The van der Waals surface area contributed by atoms with Gasteiger partial charge in [0.15, 0.2) is 0 Å². The molecule has 0 aromatic carbocycles. The van der Waals surface area contributed by atoms with Crippen LogP contribution in [0.2, 0.25) is 0 Å². The van der Waals surface area contributed by atoms with Gasteiger partial charge in [-0.25, -0.2) is 0 Å². The third kappa shape index (κ3) is 4.84. The van der Waals surface area contributed by atoms with Gasteiger partial charge in [0.05, 0.1) is 19.3 Å². The van der Waals surface area contributed by atoms with Crippen LogP contribution in [0.4, 0.5) is 0 Å². The highest BCUT2D eigenvalue weighted by molar-refractivity contribution is 4.78. The lowest BCUT2D eigenvalue weighted by Crippen LogP contribution is -2.50. The van der Waals surface area contributed by atoms with E-state index in [1.165, 1.54) is 0 Å². The fourth-order valence-electron chi connectivity index (χ4n) is 2.80. The molecule has 0 bridgehead atoms. The van der Waals surface area contributed by atoms with Crippen LogP contribution in [-0.4, -0.2) is 73.0 Å². The molecule has 0 aromatic heterocycles. The van der Waals surface area contributed by atoms with Gasteiger partial charge in [-0.15, -0.1) is 0 Å². The molecule has 0 amide bonds. The average Bonchev–Trinajstić information content (AvgIpc) is 2.40. The smallest absolute Gasteiger partial charge is 0.0829 e. The molecule has 0 aromatic rings. The molecule has 18 heavy (non-hydrogen) atoms. The summed E-state index contributed by atoms with van der Waals surface area (Å²) < 4.78 is 5.86. The van der Waals surface area contributed by atoms with E-state index in [1.807, 2.05) is 0 Å². The maximum atomic E-state index is 9.21. The molecule has 0 aliphatic carbocycles. The molecule has 4 nitrogen and oxygen atoms in total. The molecule has 0 saturated carbocycles. The van der Waals surface area contributed by atoms with Gasteiger partial charge in [0.1, 0.15) is 0 Å². The molecule has 108 valence electrons. The first-order valence-corrected chi connectivity index (χ1v) is 7.43. The minimum atomic E-state index is 0.237. The van der Waals surface area contributed by atoms with Crippen molar-refractivity contribution in [1.82, 2.24) is 9.80 Å². The van der Waals surface area contributed by atoms with Gasteiger partial charge in [0, 0.05) is 32.2 Å². The number of hydrogen-bond acceptors (Lipinski definition) is 4. The molecule has 1 fully saturated rings. The van der Waals surface area contributed by atoms with Crippen LogP contribution in [0.15, 0.2) is 0 Å². The van der Waals surface area contributed by atoms with Gasteiger partial charge in [0.25, 0.3) is 0 Å². The van der Waals surface area contributed by atoms with Gasteiger partial charge in [-0.05, 0) is 19.4 Å². The molecule has 1 aliphatic heterocycles. The molecule has 0 radical (unpaired) electrons. The van der Waals surface area contributed by atoms with E-state index in [2.05, 4.69) is 30.6 Å². The van der Waals surface area contributed by atoms with Gasteiger partial charge in [-0.1, -0.05) is 20.8 Å². The summed E-state index contributed by atoms with van der Waals surface area (Å²) >= 11 is 0. The quantitative estimate of drug-likeness (QED) is 0.709. The van der Waals surface area contributed by atoms with E-state index >= 15 is 0 Å². The third-order valence-corrected chi connectivity index (χ3v) is 3.95. The summed E-state index contributed by atoms with van der Waals surface area (Å²) in [5.41, 5.74) is 0. The number of hydrogen-bond donors (Lipinski definition) is 1. The van der Waals surface area contributed by atoms with E-state index in [9.17, 15) is 5.11 Å². The average molecular weight is 258 g/mol. The van der Waals surface area contributed by atoms with Crippen LogP contribution >= 0.6 is 0 Å². The Kier molecular flexibility index (Phi) is 7.82. The van der Waals surface area contributed by atoms with Crippen LogP contribution in [0.3, 0.4) is 0 Å². The lowest BCUT2D eigenvalue weighted by atomic mass is 10.1. The van der Waals surface area contributed by atoms with Crippen LogP contribution in [0.25, 0.3) is 0 Å². The van der Waals surface area contributed by atoms with Gasteiger partial charge >= 0.3 is 0 Å². The second-order valence-corrected chi connectivity index (χ2v) is 5.07. The standard InChI is InChI=1S/C14H30N2O2/c1-4-13(5-2)16(7-9-17)12-14-11-15(6-3)8-10-18-14/h13-14,17H,4-12H2,1-3H3. The maximum Gasteiger partial charge on any atom is 0.0829 e. The fraction of sp³-hybridized carbons (Fsp3) is 1.00. The first-order chi connectivity index (χ1) is 8.74. The van der Waals surface area contributed by atoms with Gasteiger partial charge in [-0.2, -0.15) is 0 Å². The van der Waals surface area contributed by atoms with E-state index in [1.54, 1.807) is 0 Å². The second kappa shape index (κ2) is 8.86. The first kappa shape index (κ1) is 15.9. The van der Waals surface area contributed by atoms with Crippen LogP contribution in [0, 0.1) is 0 Å². The van der Waals surface area contributed by atoms with Crippen LogP contribution in [0.5, 0.6) is 0 Å². The molecule has 1 aliphatic rings. The van der Waals surface area contributed by atoms with E-state index in [0.29, 0.717) is 12.1 Å². The second-order valence-electron chi connectivity index (χ2n) is 5.07. The Morgan fingerprint density at radius 2 is 2.06 bits per heavy atom. The number of nitrogens with zero attached hydrogens (tertiary/aromatic N) is 2. The number of aliphatic hydroxyl groups excluding tert-OH is 1. The number of ether oxygens (including phenoxy) is 1. The summed E-state index contributed by atoms with van der Waals surface area (Å²) in [6, 6.07) is 0.567. The van der Waals surface area contributed by atoms with Crippen LogP contribution in [0.1, 0.15) is 33.6 Å². The van der Waals surface area contributed by atoms with Crippen molar-refractivity contribution in [3.63, 3.8) is 0 Å². The van der Waals surface area contributed by atoms with Gasteiger partial charge in [0.2, 0.25) is 0 Å². The molecule has 1 rings (SSSR count). The molecular formula is C14H30N2O2. The van der Waals surface area contributed by atoms with Crippen molar-refractivity contribution in [2.75, 3.05) is 45.9 Å². The summed E-state index contributed by atoms with van der Waals surface area (Å²) in [6.45, 7) is 12.6. The van der Waals surface area contributed by atoms with Crippen LogP contribution in [-0.2, 0) is 4.74 Å². The Balaban J connectivity index is 2.48. The van der Waals surface area contributed by atoms with Crippen molar-refractivity contribution in [2.45, 2.75) is 45.8 Å². The Bertz CT molecular complexity index is 210. The van der Waals surface area contributed by atoms with Crippen molar-refractivity contribution in [1.29, 1.82) is 0 Å². The molecule has 1 N–H and O–H groups in total. The van der Waals surface area contributed by atoms with E-state index in [-0.39, 0.29) is 6.61 Å². The SMILES string of the molecule is CCC(CC)N(CCO)CC1CN(CC)CCO1. The van der Waals surface area contributed by atoms with Crippen molar-refractivity contribution in [2.24, 2.45) is 0 Å². The van der Waals surface area contributed by atoms with E-state index < -0.39 is 0 Å². The van der Waals surface area contributed by atoms with Crippen molar-refractivity contribution < 1.29 is 9.84 Å². The summed E-state index contributed by atoms with van der Waals surface area (Å²) in [5.74, 6) is 0. The third-order valence-electron chi connectivity index (χ3n) is 3.95. The van der Waals surface area contributed by atoms with E-state index in [4.69, 9.17) is 4.74 Å². The minimum absolute atomic E-state index is 0.237. The lowest BCUT2D eigenvalue weighted by molar-refractivity contribution is -0.0494. The van der Waals surface area contributed by atoms with Crippen molar-refractivity contribution >= 4 is 0 Å². The normalized spacial score (nSPS) is 22.0. The van der Waals surface area contributed by atoms with Gasteiger partial charge in [-0.3, -0.25) is 9.80 Å². The predicted octanol–water partition coefficient (Wildman–Crippen LogP) is 1.19. The minimum Gasteiger partial charge on any atom is -0.395 e. The predicted molar refractivity (Wildman–Crippen MR) is 74.9 cm³/mol. The molecule has 1 atom stereocenters. The number of rotatable bonds is 8. The molecule has 1 unspecified atom stereocenters. The molecule has 0 spiro atoms. The number of morpholine rings is 1. The number of likely N-dealkylation sites (N-methyl/N-ethyl adjacent to an activating group) is 1. The Morgan fingerprint density at radius 3 is 2.61 bits per heavy atom. The Hall–Kier alpha value is -0.160. The molecule has 1 heterocycles. The Morgan fingerprint density at radius 1 is 1.33 bits per heavy atom. The van der Waals surface area contributed by atoms with Gasteiger partial charge < -0.3 is 9.84 Å². The Labute approximate surface area is 112 Å². The highest BCUT2D eigenvalue weighted by atomic mass is 16.5. The summed E-state index contributed by atoms with van der Waals surface area (Å²) in [4.78, 5) is 4.84. The number of aliphatic hydroxyl groups is 1. The monoisotopic (exact) mass is 258 g/mol. The van der Waals surface area contributed by atoms with Crippen molar-refractivity contribution in [3.05, 3.63) is 0 Å². The zero-order chi connectivity index (χ0) is 13.4. The van der Waals surface area contributed by atoms with E-state index in [0.717, 1.165) is 52.2 Å². The lowest BCUT2D eigenvalue weighted by Gasteiger charge is -2.37. The maximum absolute atomic E-state index is 9.21. The summed E-state index contributed by atoms with van der Waals surface area (Å²) in [6.07, 6.45) is 2.58. The highest BCUT2D eigenvalue weighted by Crippen LogP contribution is 2.12. The largest absolute Gasteiger partial charge is 0.395 e. The fourth-order valence-corrected chi connectivity index (χ4v) is 2.80. The first-order valence-electron chi connectivity index (χ1n) is 7.43.